The number of morpholine rings is 1. The molecule has 0 bridgehead atoms. The van der Waals surface area contributed by atoms with Crippen LogP contribution in [0.1, 0.15) is 36.7 Å². The van der Waals surface area contributed by atoms with Gasteiger partial charge in [0.1, 0.15) is 18.0 Å². The van der Waals surface area contributed by atoms with E-state index in [9.17, 15) is 0 Å². The first kappa shape index (κ1) is 15.6. The summed E-state index contributed by atoms with van der Waals surface area (Å²) in [6.45, 7) is 6.06. The summed E-state index contributed by atoms with van der Waals surface area (Å²) in [7, 11) is 0. The topological polar surface area (TPSA) is 95.7 Å². The van der Waals surface area contributed by atoms with Crippen molar-refractivity contribution >= 4 is 0 Å². The molecule has 2 aromatic rings. The maximum Gasteiger partial charge on any atom is 0.180 e. The smallest absolute Gasteiger partial charge is 0.180 e. The van der Waals surface area contributed by atoms with Crippen LogP contribution in [0.5, 0.6) is 0 Å². The summed E-state index contributed by atoms with van der Waals surface area (Å²) in [5.41, 5.74) is 0.592. The average molecular weight is 315 g/mol. The zero-order valence-electron chi connectivity index (χ0n) is 13.3. The molecule has 1 saturated heterocycles. The second-order valence-corrected chi connectivity index (χ2v) is 5.65. The van der Waals surface area contributed by atoms with Crippen LogP contribution in [0, 0.1) is 11.3 Å². The molecule has 0 spiro atoms. The van der Waals surface area contributed by atoms with Crippen LogP contribution in [0.2, 0.25) is 0 Å². The van der Waals surface area contributed by atoms with Crippen molar-refractivity contribution in [2.75, 3.05) is 26.2 Å². The summed E-state index contributed by atoms with van der Waals surface area (Å²) >= 11 is 0. The Morgan fingerprint density at radius 3 is 3.17 bits per heavy atom. The lowest BCUT2D eigenvalue weighted by Gasteiger charge is -2.31. The molecule has 3 heterocycles. The normalized spacial score (nSPS) is 18.9. The van der Waals surface area contributed by atoms with Crippen LogP contribution in [-0.2, 0) is 17.7 Å². The lowest BCUT2D eigenvalue weighted by atomic mass is 10.2. The molecule has 0 amide bonds. The van der Waals surface area contributed by atoms with Gasteiger partial charge in [-0.15, -0.1) is 0 Å². The lowest BCUT2D eigenvalue weighted by Crippen LogP contribution is -2.40. The third-order valence-corrected chi connectivity index (χ3v) is 3.88. The van der Waals surface area contributed by atoms with E-state index in [-0.39, 0.29) is 6.10 Å². The van der Waals surface area contributed by atoms with Gasteiger partial charge in [0.15, 0.2) is 5.82 Å². The summed E-state index contributed by atoms with van der Waals surface area (Å²) in [6.07, 6.45) is 5.22. The first-order chi connectivity index (χ1) is 11.3. The zero-order chi connectivity index (χ0) is 16.1. The highest BCUT2D eigenvalue weighted by Gasteiger charge is 2.25. The largest absolute Gasteiger partial charge is 0.367 e. The molecule has 8 heteroatoms. The van der Waals surface area contributed by atoms with Gasteiger partial charge in [0.25, 0.3) is 0 Å². The molecule has 1 atom stereocenters. The number of ether oxygens (including phenoxy) is 1. The van der Waals surface area contributed by atoms with E-state index in [1.54, 1.807) is 17.1 Å². The van der Waals surface area contributed by atoms with Gasteiger partial charge in [-0.25, -0.2) is 4.98 Å². The van der Waals surface area contributed by atoms with Gasteiger partial charge in [0, 0.05) is 32.3 Å². The Morgan fingerprint density at radius 2 is 2.39 bits per heavy atom. The van der Waals surface area contributed by atoms with Crippen LogP contribution < -0.4 is 0 Å². The molecule has 1 N–H and O–H groups in total. The molecular formula is C15H21N7O. The average Bonchev–Trinajstić information content (AvgIpc) is 3.23. The van der Waals surface area contributed by atoms with Crippen molar-refractivity contribution in [1.82, 2.24) is 29.9 Å². The van der Waals surface area contributed by atoms with Crippen molar-refractivity contribution in [2.45, 2.75) is 32.4 Å². The molecule has 1 aliphatic heterocycles. The first-order valence-electron chi connectivity index (χ1n) is 7.96. The van der Waals surface area contributed by atoms with E-state index in [0.717, 1.165) is 50.7 Å². The Balaban J connectivity index is 1.54. The molecule has 8 nitrogen and oxygen atoms in total. The molecule has 0 radical (unpaired) electrons. The Bertz CT molecular complexity index is 671. The van der Waals surface area contributed by atoms with Gasteiger partial charge in [-0.2, -0.15) is 15.5 Å². The van der Waals surface area contributed by atoms with Crippen LogP contribution in [0.3, 0.4) is 0 Å². The second kappa shape index (κ2) is 7.35. The van der Waals surface area contributed by atoms with Crippen molar-refractivity contribution < 1.29 is 4.74 Å². The Hall–Kier alpha value is -2.24. The fraction of sp³-hybridized carbons (Fsp3) is 0.600. The summed E-state index contributed by atoms with van der Waals surface area (Å²) in [5, 5.41) is 20.3. The van der Waals surface area contributed by atoms with Crippen molar-refractivity contribution in [3.05, 3.63) is 29.6 Å². The molecular weight excluding hydrogens is 294 g/mol. The predicted octanol–water partition coefficient (Wildman–Crippen LogP) is 0.899. The number of aryl methyl sites for hydroxylation is 1. The van der Waals surface area contributed by atoms with Crippen molar-refractivity contribution in [2.24, 2.45) is 0 Å². The van der Waals surface area contributed by atoms with Gasteiger partial charge in [-0.1, -0.05) is 6.92 Å². The van der Waals surface area contributed by atoms with Crippen molar-refractivity contribution in [3.63, 3.8) is 0 Å². The quantitative estimate of drug-likeness (QED) is 0.851. The fourth-order valence-corrected chi connectivity index (χ4v) is 2.65. The highest BCUT2D eigenvalue weighted by molar-refractivity contribution is 5.21. The number of nitrogens with zero attached hydrogens (tertiary/aromatic N) is 6. The number of H-pyrrole nitrogens is 1. The molecule has 1 fully saturated rings. The number of nitriles is 1. The summed E-state index contributed by atoms with van der Waals surface area (Å²) in [4.78, 5) is 6.84. The van der Waals surface area contributed by atoms with Gasteiger partial charge in [-0.3, -0.25) is 14.7 Å². The van der Waals surface area contributed by atoms with E-state index >= 15 is 0 Å². The van der Waals surface area contributed by atoms with Crippen LogP contribution in [0.25, 0.3) is 0 Å². The highest BCUT2D eigenvalue weighted by Crippen LogP contribution is 2.19. The van der Waals surface area contributed by atoms with E-state index in [1.807, 2.05) is 0 Å². The number of hydrogen-bond donors (Lipinski definition) is 1. The fourth-order valence-electron chi connectivity index (χ4n) is 2.65. The molecule has 3 rings (SSSR count). The molecule has 122 valence electrons. The second-order valence-electron chi connectivity index (χ2n) is 5.65. The molecule has 1 unspecified atom stereocenters. The third-order valence-electron chi connectivity index (χ3n) is 3.88. The first-order valence-corrected chi connectivity index (χ1v) is 7.96. The van der Waals surface area contributed by atoms with Gasteiger partial charge >= 0.3 is 0 Å². The van der Waals surface area contributed by atoms with E-state index in [0.29, 0.717) is 12.2 Å². The van der Waals surface area contributed by atoms with Gasteiger partial charge in [0.05, 0.1) is 24.9 Å². The Kier molecular flexibility index (Phi) is 5.00. The molecule has 0 saturated carbocycles. The van der Waals surface area contributed by atoms with E-state index in [2.05, 4.69) is 38.2 Å². The predicted molar refractivity (Wildman–Crippen MR) is 82.5 cm³/mol. The summed E-state index contributed by atoms with van der Waals surface area (Å²) in [5.74, 6) is 1.66. The molecule has 2 aromatic heterocycles. The summed E-state index contributed by atoms with van der Waals surface area (Å²) in [6, 6.07) is 2.09. The van der Waals surface area contributed by atoms with E-state index < -0.39 is 0 Å². The maximum atomic E-state index is 8.82. The number of aromatic nitrogens is 5. The van der Waals surface area contributed by atoms with Crippen LogP contribution in [-0.4, -0.2) is 56.1 Å². The van der Waals surface area contributed by atoms with E-state index in [1.165, 1.54) is 0 Å². The third kappa shape index (κ3) is 3.94. The molecule has 0 aromatic carbocycles. The number of hydrogen-bond acceptors (Lipinski definition) is 6. The molecule has 0 aliphatic carbocycles. The molecule has 1 aliphatic rings. The number of aromatic amines is 1. The van der Waals surface area contributed by atoms with Crippen LogP contribution in [0.4, 0.5) is 0 Å². The number of nitrogens with one attached hydrogen (secondary N) is 1. The zero-order valence-corrected chi connectivity index (χ0v) is 13.3. The Labute approximate surface area is 135 Å². The minimum atomic E-state index is -0.0853. The van der Waals surface area contributed by atoms with Crippen LogP contribution in [0.15, 0.2) is 12.4 Å². The minimum Gasteiger partial charge on any atom is -0.367 e. The van der Waals surface area contributed by atoms with Crippen molar-refractivity contribution in [1.29, 1.82) is 5.26 Å². The monoisotopic (exact) mass is 315 g/mol. The van der Waals surface area contributed by atoms with Gasteiger partial charge in [0.2, 0.25) is 0 Å². The molecule has 23 heavy (non-hydrogen) atoms. The SMILES string of the molecule is CCCc1nc(C2CN(CCn3cc(C#N)cn3)CCO2)n[nH]1. The van der Waals surface area contributed by atoms with E-state index in [4.69, 9.17) is 10.00 Å². The van der Waals surface area contributed by atoms with Gasteiger partial charge < -0.3 is 4.74 Å². The Morgan fingerprint density at radius 1 is 1.48 bits per heavy atom. The standard InChI is InChI=1S/C15H21N7O/c1-2-3-14-18-15(20-19-14)13-11-21(6-7-23-13)4-5-22-10-12(8-16)9-17-22/h9-10,13H,2-7,11H2,1H3,(H,18,19,20). The van der Waals surface area contributed by atoms with Gasteiger partial charge in [-0.05, 0) is 6.42 Å². The maximum absolute atomic E-state index is 8.82. The van der Waals surface area contributed by atoms with Crippen molar-refractivity contribution in [3.8, 4) is 6.07 Å². The lowest BCUT2D eigenvalue weighted by molar-refractivity contribution is -0.0352. The number of rotatable bonds is 6. The minimum absolute atomic E-state index is 0.0853. The summed E-state index contributed by atoms with van der Waals surface area (Å²) < 4.78 is 7.61. The highest BCUT2D eigenvalue weighted by atomic mass is 16.5. The van der Waals surface area contributed by atoms with Crippen LogP contribution >= 0.6 is 0 Å².